The van der Waals surface area contributed by atoms with Crippen LogP contribution in [0.25, 0.3) is 5.69 Å². The number of nitrogens with zero attached hydrogens (tertiary/aromatic N) is 2. The van der Waals surface area contributed by atoms with Crippen molar-refractivity contribution in [2.75, 3.05) is 13.2 Å². The fourth-order valence-corrected chi connectivity index (χ4v) is 3.55. The number of benzene rings is 2. The lowest BCUT2D eigenvalue weighted by Crippen LogP contribution is -2.48. The Morgan fingerprint density at radius 3 is 2.83 bits per heavy atom. The maximum Gasteiger partial charge on any atom is 0.251 e. The van der Waals surface area contributed by atoms with Crippen LogP contribution in [0.5, 0.6) is 0 Å². The van der Waals surface area contributed by atoms with Crippen molar-refractivity contribution < 1.29 is 14.6 Å². The van der Waals surface area contributed by atoms with Crippen LogP contribution in [0.1, 0.15) is 33.5 Å². The van der Waals surface area contributed by atoms with Gasteiger partial charge in [0.25, 0.3) is 5.91 Å². The molecule has 0 saturated carbocycles. The second-order valence-corrected chi connectivity index (χ2v) is 7.45. The van der Waals surface area contributed by atoms with Crippen molar-refractivity contribution in [3.63, 3.8) is 0 Å². The standard InChI is InChI=1S/C23H25N3O3/c1-16-3-6-18(23(28)25-21-9-12-29-15-22(21)27)14-19(16)13-17-4-7-20(8-5-17)26-11-2-10-24-26/h2-8,10-11,14,21-22,27H,9,12-13,15H2,1H3,(H,25,28)/t21-,22-/m0/s1. The van der Waals surface area contributed by atoms with E-state index in [9.17, 15) is 9.90 Å². The third-order valence-electron chi connectivity index (χ3n) is 5.35. The third kappa shape index (κ3) is 4.55. The van der Waals surface area contributed by atoms with Gasteiger partial charge in [-0.2, -0.15) is 5.10 Å². The van der Waals surface area contributed by atoms with Crippen LogP contribution in [0.3, 0.4) is 0 Å². The summed E-state index contributed by atoms with van der Waals surface area (Å²) in [6.07, 6.45) is 4.37. The lowest BCUT2D eigenvalue weighted by Gasteiger charge is -2.28. The molecular formula is C23H25N3O3. The first-order chi connectivity index (χ1) is 14.1. The van der Waals surface area contributed by atoms with Crippen LogP contribution in [0.2, 0.25) is 0 Å². The molecule has 29 heavy (non-hydrogen) atoms. The molecule has 2 heterocycles. The molecule has 2 aromatic carbocycles. The molecule has 3 aromatic rings. The van der Waals surface area contributed by atoms with E-state index >= 15 is 0 Å². The lowest BCUT2D eigenvalue weighted by atomic mass is 9.97. The van der Waals surface area contributed by atoms with Gasteiger partial charge in [-0.3, -0.25) is 4.79 Å². The minimum atomic E-state index is -0.661. The Morgan fingerprint density at radius 1 is 1.28 bits per heavy atom. The molecule has 0 radical (unpaired) electrons. The molecule has 6 nitrogen and oxygen atoms in total. The average Bonchev–Trinajstić information content (AvgIpc) is 3.27. The quantitative estimate of drug-likeness (QED) is 0.701. The van der Waals surface area contributed by atoms with Gasteiger partial charge in [-0.05, 0) is 66.8 Å². The molecule has 0 aliphatic carbocycles. The third-order valence-corrected chi connectivity index (χ3v) is 5.35. The lowest BCUT2D eigenvalue weighted by molar-refractivity contribution is -0.0260. The SMILES string of the molecule is Cc1ccc(C(=O)N[C@H]2CCOC[C@@H]2O)cc1Cc1ccc(-n2cccn2)cc1. The van der Waals surface area contributed by atoms with E-state index in [4.69, 9.17) is 4.74 Å². The average molecular weight is 391 g/mol. The second kappa shape index (κ2) is 8.59. The molecule has 0 spiro atoms. The molecule has 1 aliphatic heterocycles. The Morgan fingerprint density at radius 2 is 2.10 bits per heavy atom. The molecule has 6 heteroatoms. The number of rotatable bonds is 5. The fraction of sp³-hybridized carbons (Fsp3) is 0.304. The van der Waals surface area contributed by atoms with Gasteiger partial charge in [0, 0.05) is 24.6 Å². The minimum absolute atomic E-state index is 0.161. The zero-order chi connectivity index (χ0) is 20.2. The topological polar surface area (TPSA) is 76.4 Å². The van der Waals surface area contributed by atoms with E-state index in [1.165, 1.54) is 5.56 Å². The van der Waals surface area contributed by atoms with Gasteiger partial charge in [0.1, 0.15) is 0 Å². The maximum atomic E-state index is 12.7. The number of carbonyl (C=O) groups is 1. The molecule has 1 amide bonds. The first kappa shape index (κ1) is 19.4. The summed E-state index contributed by atoms with van der Waals surface area (Å²) in [7, 11) is 0. The van der Waals surface area contributed by atoms with E-state index in [-0.39, 0.29) is 18.6 Å². The summed E-state index contributed by atoms with van der Waals surface area (Å²) in [6.45, 7) is 2.87. The zero-order valence-electron chi connectivity index (χ0n) is 16.4. The maximum absolute atomic E-state index is 12.7. The number of aliphatic hydroxyl groups is 1. The number of amides is 1. The smallest absolute Gasteiger partial charge is 0.251 e. The number of hydrogen-bond donors (Lipinski definition) is 2. The number of aliphatic hydroxyl groups excluding tert-OH is 1. The van der Waals surface area contributed by atoms with Gasteiger partial charge < -0.3 is 15.2 Å². The highest BCUT2D eigenvalue weighted by molar-refractivity contribution is 5.94. The first-order valence-electron chi connectivity index (χ1n) is 9.85. The summed E-state index contributed by atoms with van der Waals surface area (Å²) in [5.41, 5.74) is 5.04. The van der Waals surface area contributed by atoms with E-state index in [1.807, 2.05) is 47.3 Å². The van der Waals surface area contributed by atoms with Gasteiger partial charge in [-0.1, -0.05) is 18.2 Å². The van der Waals surface area contributed by atoms with Crippen molar-refractivity contribution in [2.24, 2.45) is 0 Å². The van der Waals surface area contributed by atoms with Crippen LogP contribution in [0.15, 0.2) is 60.9 Å². The van der Waals surface area contributed by atoms with Crippen LogP contribution in [-0.4, -0.2) is 46.2 Å². The van der Waals surface area contributed by atoms with Crippen molar-refractivity contribution in [2.45, 2.75) is 31.9 Å². The van der Waals surface area contributed by atoms with Gasteiger partial charge >= 0.3 is 0 Å². The van der Waals surface area contributed by atoms with Gasteiger partial charge in [0.05, 0.1) is 24.4 Å². The molecule has 1 aromatic heterocycles. The summed E-state index contributed by atoms with van der Waals surface area (Å²) in [5, 5.41) is 17.2. The summed E-state index contributed by atoms with van der Waals surface area (Å²) in [6, 6.07) is 15.6. The Labute approximate surface area is 170 Å². The fourth-order valence-electron chi connectivity index (χ4n) is 3.55. The number of aryl methyl sites for hydroxylation is 1. The molecule has 0 unspecified atom stereocenters. The van der Waals surface area contributed by atoms with Crippen molar-refractivity contribution in [1.29, 1.82) is 0 Å². The molecule has 2 atom stereocenters. The van der Waals surface area contributed by atoms with Gasteiger partial charge in [0.2, 0.25) is 0 Å². The monoisotopic (exact) mass is 391 g/mol. The molecule has 1 aliphatic rings. The van der Waals surface area contributed by atoms with Crippen LogP contribution in [0.4, 0.5) is 0 Å². The molecular weight excluding hydrogens is 366 g/mol. The number of aromatic nitrogens is 2. The molecule has 150 valence electrons. The number of ether oxygens (including phenoxy) is 1. The Bertz CT molecular complexity index is 968. The molecule has 0 bridgehead atoms. The van der Waals surface area contributed by atoms with Crippen LogP contribution >= 0.6 is 0 Å². The summed E-state index contributed by atoms with van der Waals surface area (Å²) in [4.78, 5) is 12.7. The van der Waals surface area contributed by atoms with Crippen molar-refractivity contribution in [3.8, 4) is 5.69 Å². The van der Waals surface area contributed by atoms with E-state index in [0.717, 1.165) is 23.2 Å². The number of nitrogens with one attached hydrogen (secondary N) is 1. The van der Waals surface area contributed by atoms with Crippen molar-refractivity contribution in [3.05, 3.63) is 83.2 Å². The van der Waals surface area contributed by atoms with E-state index in [0.29, 0.717) is 18.6 Å². The first-order valence-corrected chi connectivity index (χ1v) is 9.85. The molecule has 1 saturated heterocycles. The van der Waals surface area contributed by atoms with E-state index in [1.54, 1.807) is 6.20 Å². The predicted molar refractivity (Wildman–Crippen MR) is 110 cm³/mol. The molecule has 4 rings (SSSR count). The predicted octanol–water partition coefficient (Wildman–Crippen LogP) is 2.65. The molecule has 1 fully saturated rings. The number of carbonyl (C=O) groups excluding carboxylic acids is 1. The highest BCUT2D eigenvalue weighted by atomic mass is 16.5. The minimum Gasteiger partial charge on any atom is -0.389 e. The highest BCUT2D eigenvalue weighted by Crippen LogP contribution is 2.18. The van der Waals surface area contributed by atoms with E-state index < -0.39 is 6.10 Å². The Hall–Kier alpha value is -2.96. The van der Waals surface area contributed by atoms with Gasteiger partial charge in [-0.15, -0.1) is 0 Å². The summed E-state index contributed by atoms with van der Waals surface area (Å²) in [5.74, 6) is -0.161. The van der Waals surface area contributed by atoms with Gasteiger partial charge in [0.15, 0.2) is 0 Å². The van der Waals surface area contributed by atoms with Gasteiger partial charge in [-0.25, -0.2) is 4.68 Å². The number of hydrogen-bond acceptors (Lipinski definition) is 4. The summed E-state index contributed by atoms with van der Waals surface area (Å²) >= 11 is 0. The second-order valence-electron chi connectivity index (χ2n) is 7.45. The van der Waals surface area contributed by atoms with E-state index in [2.05, 4.69) is 29.5 Å². The normalized spacial score (nSPS) is 19.1. The Balaban J connectivity index is 1.47. The van der Waals surface area contributed by atoms with Crippen LogP contribution < -0.4 is 5.32 Å². The Kier molecular flexibility index (Phi) is 5.74. The molecule has 2 N–H and O–H groups in total. The van der Waals surface area contributed by atoms with Crippen LogP contribution in [0, 0.1) is 6.92 Å². The zero-order valence-corrected chi connectivity index (χ0v) is 16.4. The van der Waals surface area contributed by atoms with Crippen molar-refractivity contribution in [1.82, 2.24) is 15.1 Å². The van der Waals surface area contributed by atoms with Crippen molar-refractivity contribution >= 4 is 5.91 Å². The highest BCUT2D eigenvalue weighted by Gasteiger charge is 2.25. The van der Waals surface area contributed by atoms with Crippen LogP contribution in [-0.2, 0) is 11.2 Å². The largest absolute Gasteiger partial charge is 0.389 e. The summed E-state index contributed by atoms with van der Waals surface area (Å²) < 4.78 is 7.05.